The van der Waals surface area contributed by atoms with E-state index in [-0.39, 0.29) is 0 Å². The minimum atomic E-state index is 0.778. The number of aromatic nitrogens is 1. The lowest BCUT2D eigenvalue weighted by Gasteiger charge is -2.11. The first-order chi connectivity index (χ1) is 12.3. The van der Waals surface area contributed by atoms with Gasteiger partial charge in [0.05, 0.1) is 0 Å². The van der Waals surface area contributed by atoms with Crippen molar-refractivity contribution in [3.05, 3.63) is 71.9 Å². The second kappa shape index (κ2) is 6.21. The molecule has 0 aliphatic rings. The minimum absolute atomic E-state index is 0.778. The Bertz CT molecular complexity index is 1090. The smallest absolute Gasteiger partial charge is 0.151 e. The molecule has 0 aliphatic carbocycles. The van der Waals surface area contributed by atoms with Crippen LogP contribution in [0.5, 0.6) is 0 Å². The molecule has 25 heavy (non-hydrogen) atoms. The van der Waals surface area contributed by atoms with Crippen LogP contribution in [0.2, 0.25) is 0 Å². The Morgan fingerprint density at radius 3 is 2.40 bits per heavy atom. The fourth-order valence-electron chi connectivity index (χ4n) is 3.92. The van der Waals surface area contributed by atoms with E-state index in [0.717, 1.165) is 41.2 Å². The van der Waals surface area contributed by atoms with Gasteiger partial charge in [-0.2, -0.15) is 0 Å². The molecule has 0 saturated heterocycles. The Hall–Kier alpha value is -2.87. The van der Waals surface area contributed by atoms with E-state index in [4.69, 9.17) is 0 Å². The van der Waals surface area contributed by atoms with Gasteiger partial charge < -0.3 is 4.57 Å². The predicted molar refractivity (Wildman–Crippen MR) is 105 cm³/mol. The molecule has 0 unspecified atom stereocenters. The molecular weight excluding hydrogens is 306 g/mol. The van der Waals surface area contributed by atoms with Crippen LogP contribution in [0, 0.1) is 6.92 Å². The summed E-state index contributed by atoms with van der Waals surface area (Å²) in [6.07, 6.45) is 2.08. The third-order valence-corrected chi connectivity index (χ3v) is 5.04. The summed E-state index contributed by atoms with van der Waals surface area (Å²) in [7, 11) is 0. The minimum Gasteiger partial charge on any atom is -0.344 e. The number of aryl methyl sites for hydroxylation is 1. The number of fused-ring (bicyclic) bond motifs is 2. The Kier molecular flexibility index (Phi) is 3.89. The molecule has 1 aromatic heterocycles. The number of carbonyl (C=O) groups excluding carboxylic acids is 1. The normalized spacial score (nSPS) is 11.3. The highest BCUT2D eigenvalue weighted by molar-refractivity contribution is 6.09. The van der Waals surface area contributed by atoms with Crippen molar-refractivity contribution in [3.63, 3.8) is 0 Å². The van der Waals surface area contributed by atoms with Gasteiger partial charge in [-0.05, 0) is 35.7 Å². The van der Waals surface area contributed by atoms with Gasteiger partial charge >= 0.3 is 0 Å². The molecule has 0 aliphatic heterocycles. The van der Waals surface area contributed by atoms with Crippen LogP contribution in [0.1, 0.15) is 29.4 Å². The van der Waals surface area contributed by atoms with Gasteiger partial charge in [0.1, 0.15) is 0 Å². The Labute approximate surface area is 147 Å². The fraction of sp³-hybridized carbons (Fsp3) is 0.174. The van der Waals surface area contributed by atoms with E-state index in [1.54, 1.807) is 0 Å². The summed E-state index contributed by atoms with van der Waals surface area (Å²) in [6, 6.07) is 20.8. The molecule has 0 fully saturated rings. The summed E-state index contributed by atoms with van der Waals surface area (Å²) in [5.41, 5.74) is 5.44. The molecule has 2 nitrogen and oxygen atoms in total. The third kappa shape index (κ3) is 2.37. The van der Waals surface area contributed by atoms with Crippen molar-refractivity contribution in [1.29, 1.82) is 0 Å². The molecule has 0 radical (unpaired) electrons. The van der Waals surface area contributed by atoms with E-state index in [1.807, 2.05) is 18.2 Å². The number of benzene rings is 3. The van der Waals surface area contributed by atoms with E-state index >= 15 is 0 Å². The Balaban J connectivity index is 2.11. The van der Waals surface area contributed by atoms with Gasteiger partial charge in [0.25, 0.3) is 0 Å². The summed E-state index contributed by atoms with van der Waals surface area (Å²) in [5, 5.41) is 3.33. The SMILES string of the molecule is CCCn1c(C)c(-c2ccc3ccccc3c2C=O)c2ccccc21. The van der Waals surface area contributed by atoms with Gasteiger partial charge in [0.15, 0.2) is 6.29 Å². The fourth-order valence-corrected chi connectivity index (χ4v) is 3.92. The van der Waals surface area contributed by atoms with Crippen molar-refractivity contribution in [2.75, 3.05) is 0 Å². The zero-order valence-electron chi connectivity index (χ0n) is 14.6. The van der Waals surface area contributed by atoms with Gasteiger partial charge in [0, 0.05) is 34.3 Å². The number of nitrogens with zero attached hydrogens (tertiary/aromatic N) is 1. The van der Waals surface area contributed by atoms with E-state index in [1.165, 1.54) is 22.2 Å². The molecule has 124 valence electrons. The number of hydrogen-bond acceptors (Lipinski definition) is 1. The van der Waals surface area contributed by atoms with Crippen molar-refractivity contribution in [2.45, 2.75) is 26.8 Å². The van der Waals surface area contributed by atoms with Crippen LogP contribution in [-0.2, 0) is 6.54 Å². The molecule has 2 heteroatoms. The number of rotatable bonds is 4. The monoisotopic (exact) mass is 327 g/mol. The van der Waals surface area contributed by atoms with Gasteiger partial charge in [-0.25, -0.2) is 0 Å². The van der Waals surface area contributed by atoms with Crippen molar-refractivity contribution in [1.82, 2.24) is 4.57 Å². The first-order valence-electron chi connectivity index (χ1n) is 8.81. The molecule has 0 spiro atoms. The highest BCUT2D eigenvalue weighted by Crippen LogP contribution is 2.38. The van der Waals surface area contributed by atoms with Gasteiger partial charge in [-0.1, -0.05) is 61.5 Å². The van der Waals surface area contributed by atoms with Crippen LogP contribution in [0.4, 0.5) is 0 Å². The largest absolute Gasteiger partial charge is 0.344 e. The van der Waals surface area contributed by atoms with Crippen molar-refractivity contribution in [3.8, 4) is 11.1 Å². The van der Waals surface area contributed by atoms with Crippen LogP contribution >= 0.6 is 0 Å². The molecule has 3 aromatic carbocycles. The topological polar surface area (TPSA) is 22.0 Å². The van der Waals surface area contributed by atoms with Crippen molar-refractivity contribution >= 4 is 28.0 Å². The number of aldehydes is 1. The summed E-state index contributed by atoms with van der Waals surface area (Å²) < 4.78 is 2.37. The van der Waals surface area contributed by atoms with Crippen LogP contribution in [0.3, 0.4) is 0 Å². The van der Waals surface area contributed by atoms with E-state index in [2.05, 4.69) is 60.9 Å². The van der Waals surface area contributed by atoms with Crippen LogP contribution in [0.25, 0.3) is 32.8 Å². The highest BCUT2D eigenvalue weighted by atomic mass is 16.1. The lowest BCUT2D eigenvalue weighted by molar-refractivity contribution is 0.112. The van der Waals surface area contributed by atoms with Gasteiger partial charge in [-0.15, -0.1) is 0 Å². The summed E-state index contributed by atoms with van der Waals surface area (Å²) >= 11 is 0. The summed E-state index contributed by atoms with van der Waals surface area (Å²) in [5.74, 6) is 0. The second-order valence-corrected chi connectivity index (χ2v) is 6.49. The van der Waals surface area contributed by atoms with Crippen LogP contribution < -0.4 is 0 Å². The van der Waals surface area contributed by atoms with Crippen LogP contribution in [-0.4, -0.2) is 10.9 Å². The average molecular weight is 327 g/mol. The molecular formula is C23H21NO. The highest BCUT2D eigenvalue weighted by Gasteiger charge is 2.18. The predicted octanol–water partition coefficient (Wildman–Crippen LogP) is 5.99. The molecule has 0 amide bonds. The Morgan fingerprint density at radius 2 is 1.64 bits per heavy atom. The molecule has 4 rings (SSSR count). The Morgan fingerprint density at radius 1 is 0.920 bits per heavy atom. The number of para-hydroxylation sites is 1. The molecule has 0 atom stereocenters. The van der Waals surface area contributed by atoms with E-state index < -0.39 is 0 Å². The lowest BCUT2D eigenvalue weighted by atomic mass is 9.93. The van der Waals surface area contributed by atoms with E-state index in [0.29, 0.717) is 0 Å². The van der Waals surface area contributed by atoms with Crippen molar-refractivity contribution in [2.24, 2.45) is 0 Å². The first-order valence-corrected chi connectivity index (χ1v) is 8.81. The number of hydrogen-bond donors (Lipinski definition) is 0. The molecule has 0 bridgehead atoms. The van der Waals surface area contributed by atoms with Crippen LogP contribution in [0.15, 0.2) is 60.7 Å². The maximum Gasteiger partial charge on any atom is 0.151 e. The number of carbonyl (C=O) groups is 1. The molecule has 4 aromatic rings. The average Bonchev–Trinajstić information content (AvgIpc) is 2.93. The van der Waals surface area contributed by atoms with E-state index in [9.17, 15) is 4.79 Å². The standard InChI is InChI=1S/C23H21NO/c1-3-14-24-16(2)23(20-10-6-7-11-22(20)24)19-13-12-17-8-4-5-9-18(17)21(19)15-25/h4-13,15H,3,14H2,1-2H3. The zero-order valence-corrected chi connectivity index (χ0v) is 14.6. The zero-order chi connectivity index (χ0) is 17.4. The summed E-state index contributed by atoms with van der Waals surface area (Å²) in [6.45, 7) is 5.34. The second-order valence-electron chi connectivity index (χ2n) is 6.49. The quantitative estimate of drug-likeness (QED) is 0.422. The lowest BCUT2D eigenvalue weighted by Crippen LogP contribution is -1.99. The molecule has 1 heterocycles. The van der Waals surface area contributed by atoms with Gasteiger partial charge in [-0.3, -0.25) is 4.79 Å². The van der Waals surface area contributed by atoms with Gasteiger partial charge in [0.2, 0.25) is 0 Å². The molecule has 0 saturated carbocycles. The first kappa shape index (κ1) is 15.6. The maximum absolute atomic E-state index is 12.0. The molecule has 0 N–H and O–H groups in total. The maximum atomic E-state index is 12.0. The summed E-state index contributed by atoms with van der Waals surface area (Å²) in [4.78, 5) is 12.0. The third-order valence-electron chi connectivity index (χ3n) is 5.04. The van der Waals surface area contributed by atoms with Crippen molar-refractivity contribution < 1.29 is 4.79 Å².